The van der Waals surface area contributed by atoms with E-state index in [1.807, 2.05) is 18.2 Å². The second-order valence-electron chi connectivity index (χ2n) is 12.9. The number of aromatic nitrogens is 5. The lowest BCUT2D eigenvalue weighted by molar-refractivity contribution is -0.133. The van der Waals surface area contributed by atoms with Crippen molar-refractivity contribution >= 4 is 56.3 Å². The summed E-state index contributed by atoms with van der Waals surface area (Å²) in [7, 11) is 0. The second kappa shape index (κ2) is 13.2. The zero-order chi connectivity index (χ0) is 35.1. The maximum atomic E-state index is 13.8. The number of pyridine rings is 1. The number of ketones is 4. The molecule has 13 nitrogen and oxygen atoms in total. The zero-order valence-corrected chi connectivity index (χ0v) is 27.7. The summed E-state index contributed by atoms with van der Waals surface area (Å²) in [6, 6.07) is 14.8. The monoisotopic (exact) mass is 673 g/mol. The molecular formula is C37H35N7O6. The van der Waals surface area contributed by atoms with E-state index in [0.29, 0.717) is 56.2 Å². The van der Waals surface area contributed by atoms with Crippen LogP contribution in [0, 0.1) is 13.8 Å². The van der Waals surface area contributed by atoms with Crippen LogP contribution in [0.1, 0.15) is 73.6 Å². The van der Waals surface area contributed by atoms with Crippen LogP contribution in [0.5, 0.6) is 0 Å². The number of aryl methyl sites for hydroxylation is 2. The van der Waals surface area contributed by atoms with Crippen LogP contribution >= 0.6 is 0 Å². The van der Waals surface area contributed by atoms with Gasteiger partial charge in [-0.15, -0.1) is 0 Å². The first kappa shape index (κ1) is 32.7. The van der Waals surface area contributed by atoms with Gasteiger partial charge in [-0.25, -0.2) is 9.97 Å². The predicted octanol–water partition coefficient (Wildman–Crippen LogP) is 4.07. The molecule has 13 heteroatoms. The maximum absolute atomic E-state index is 13.8. The van der Waals surface area contributed by atoms with Crippen molar-refractivity contribution in [3.05, 3.63) is 98.3 Å². The summed E-state index contributed by atoms with van der Waals surface area (Å²) in [5.74, 6) is 0.0684. The molecule has 0 radical (unpaired) electrons. The minimum atomic E-state index is -0.721. The Labute approximate surface area is 285 Å². The van der Waals surface area contributed by atoms with Gasteiger partial charge in [-0.2, -0.15) is 0 Å². The highest BCUT2D eigenvalue weighted by Gasteiger charge is 2.32. The molecule has 2 aliphatic rings. The van der Waals surface area contributed by atoms with Crippen molar-refractivity contribution in [2.45, 2.75) is 77.5 Å². The first-order valence-electron chi connectivity index (χ1n) is 16.6. The highest BCUT2D eigenvalue weighted by atomic mass is 16.2. The second-order valence-corrected chi connectivity index (χ2v) is 12.9. The lowest BCUT2D eigenvalue weighted by Gasteiger charge is -2.24. The Morgan fingerprint density at radius 3 is 1.44 bits per heavy atom. The molecular weight excluding hydrogens is 638 g/mol. The SMILES string of the molecule is Cc1nc2cccc(NCc3cccc(CNc4cccc5nc(C)n(C6CCC(=O)CC6=O)c(=O)c45)n3)c2c(=O)n1C1CCC(=O)CC1=O. The average Bonchev–Trinajstić information content (AvgIpc) is 3.08. The number of carbonyl (C=O) groups excluding carboxylic acids is 4. The Morgan fingerprint density at radius 1 is 0.600 bits per heavy atom. The van der Waals surface area contributed by atoms with Gasteiger partial charge in [0.05, 0.1) is 71.2 Å². The van der Waals surface area contributed by atoms with Crippen molar-refractivity contribution in [3.8, 4) is 0 Å². The van der Waals surface area contributed by atoms with Crippen LogP contribution in [0.2, 0.25) is 0 Å². The molecule has 5 aromatic rings. The minimum absolute atomic E-state index is 0.113. The fraction of sp³-hybridized carbons (Fsp3) is 0.324. The summed E-state index contributed by atoms with van der Waals surface area (Å²) in [5.41, 5.74) is 2.82. The molecule has 0 aliphatic heterocycles. The van der Waals surface area contributed by atoms with Gasteiger partial charge in [-0.3, -0.25) is 42.9 Å². The number of rotatable bonds is 8. The molecule has 3 heterocycles. The topological polar surface area (TPSA) is 175 Å². The third kappa shape index (κ3) is 6.10. The molecule has 0 saturated heterocycles. The van der Waals surface area contributed by atoms with Crippen molar-refractivity contribution in [1.82, 2.24) is 24.1 Å². The number of benzene rings is 2. The first-order chi connectivity index (χ1) is 24.1. The van der Waals surface area contributed by atoms with Gasteiger partial charge in [-0.1, -0.05) is 18.2 Å². The van der Waals surface area contributed by atoms with E-state index in [1.54, 1.807) is 50.2 Å². The van der Waals surface area contributed by atoms with Crippen LogP contribution in [-0.4, -0.2) is 47.2 Å². The smallest absolute Gasteiger partial charge is 0.264 e. The van der Waals surface area contributed by atoms with Gasteiger partial charge in [0.25, 0.3) is 11.1 Å². The van der Waals surface area contributed by atoms with Crippen LogP contribution in [-0.2, 0) is 32.3 Å². The van der Waals surface area contributed by atoms with Crippen molar-refractivity contribution in [2.24, 2.45) is 0 Å². The maximum Gasteiger partial charge on any atom is 0.264 e. The summed E-state index contributed by atoms with van der Waals surface area (Å²) in [6.07, 6.45) is 0.697. The number of Topliss-reactive ketones (excluding diaryl/α,β-unsaturated/α-hetero) is 4. The van der Waals surface area contributed by atoms with Gasteiger partial charge < -0.3 is 10.6 Å². The lowest BCUT2D eigenvalue weighted by Crippen LogP contribution is -2.36. The predicted molar refractivity (Wildman–Crippen MR) is 186 cm³/mol. The number of hydrogen-bond donors (Lipinski definition) is 2. The average molecular weight is 674 g/mol. The van der Waals surface area contributed by atoms with Gasteiger partial charge in [0, 0.05) is 24.2 Å². The number of nitrogens with zero attached hydrogens (tertiary/aromatic N) is 5. The quantitative estimate of drug-likeness (QED) is 0.227. The molecule has 2 N–H and O–H groups in total. The molecule has 2 aromatic carbocycles. The molecule has 7 rings (SSSR count). The number of anilines is 2. The Balaban J connectivity index is 1.12. The van der Waals surface area contributed by atoms with Gasteiger partial charge in [-0.05, 0) is 63.1 Å². The summed E-state index contributed by atoms with van der Waals surface area (Å²) in [4.78, 5) is 90.8. The molecule has 0 bridgehead atoms. The van der Waals surface area contributed by atoms with E-state index in [9.17, 15) is 28.8 Å². The Bertz CT molecular complexity index is 2200. The van der Waals surface area contributed by atoms with Crippen molar-refractivity contribution in [1.29, 1.82) is 0 Å². The number of hydrogen-bond acceptors (Lipinski definition) is 11. The molecule has 2 fully saturated rings. The van der Waals surface area contributed by atoms with Crippen molar-refractivity contribution < 1.29 is 19.2 Å². The summed E-state index contributed by atoms with van der Waals surface area (Å²) < 4.78 is 2.83. The largest absolute Gasteiger partial charge is 0.379 e. The van der Waals surface area contributed by atoms with E-state index in [1.165, 1.54) is 9.13 Å². The first-order valence-corrected chi connectivity index (χ1v) is 16.6. The van der Waals surface area contributed by atoms with Gasteiger partial charge in [0.15, 0.2) is 11.6 Å². The van der Waals surface area contributed by atoms with Crippen LogP contribution in [0.4, 0.5) is 11.4 Å². The van der Waals surface area contributed by atoms with E-state index < -0.39 is 12.1 Å². The Kier molecular flexibility index (Phi) is 8.64. The summed E-state index contributed by atoms with van der Waals surface area (Å²) in [5, 5.41) is 7.34. The Hall–Kier alpha value is -5.85. The molecule has 50 heavy (non-hydrogen) atoms. The molecule has 0 spiro atoms. The summed E-state index contributed by atoms with van der Waals surface area (Å²) in [6.45, 7) is 3.97. The number of nitrogens with one attached hydrogen (secondary N) is 2. The third-order valence-corrected chi connectivity index (χ3v) is 9.50. The molecule has 0 amide bonds. The molecule has 254 valence electrons. The van der Waals surface area contributed by atoms with Crippen molar-refractivity contribution in [3.63, 3.8) is 0 Å². The lowest BCUT2D eigenvalue weighted by atomic mass is 9.92. The molecule has 2 saturated carbocycles. The molecule has 3 aromatic heterocycles. The van der Waals surface area contributed by atoms with E-state index in [4.69, 9.17) is 4.98 Å². The normalized spacial score (nSPS) is 18.2. The van der Waals surface area contributed by atoms with Crippen LogP contribution < -0.4 is 21.8 Å². The fourth-order valence-electron chi connectivity index (χ4n) is 7.10. The van der Waals surface area contributed by atoms with E-state index >= 15 is 0 Å². The molecule has 2 unspecified atom stereocenters. The zero-order valence-electron chi connectivity index (χ0n) is 27.7. The standard InChI is InChI=1S/C37H35N7O6/c1-20-40-28-10-4-8-26(34(28)36(49)43(20)30-14-12-24(45)16-32(30)47)38-18-22-6-3-7-23(42-22)19-39-27-9-5-11-29-35(27)37(50)44(21(2)41-29)31-15-13-25(46)17-33(31)48/h3-11,30-31,38-39H,12-19H2,1-2H3. The van der Waals surface area contributed by atoms with E-state index in [-0.39, 0.29) is 85.9 Å². The van der Waals surface area contributed by atoms with Crippen LogP contribution in [0.25, 0.3) is 21.8 Å². The number of carbonyl (C=O) groups is 4. The van der Waals surface area contributed by atoms with Gasteiger partial charge in [0.2, 0.25) is 0 Å². The van der Waals surface area contributed by atoms with Crippen LogP contribution in [0.3, 0.4) is 0 Å². The fourth-order valence-corrected chi connectivity index (χ4v) is 7.10. The van der Waals surface area contributed by atoms with Crippen molar-refractivity contribution in [2.75, 3.05) is 10.6 Å². The highest BCUT2D eigenvalue weighted by Crippen LogP contribution is 2.28. The third-order valence-electron chi connectivity index (χ3n) is 9.50. The highest BCUT2D eigenvalue weighted by molar-refractivity contribution is 6.04. The minimum Gasteiger partial charge on any atom is -0.379 e. The number of fused-ring (bicyclic) bond motifs is 2. The molecule has 2 atom stereocenters. The summed E-state index contributed by atoms with van der Waals surface area (Å²) >= 11 is 0. The van der Waals surface area contributed by atoms with Crippen LogP contribution in [0.15, 0.2) is 64.2 Å². The Morgan fingerprint density at radius 2 is 1.02 bits per heavy atom. The molecule has 2 aliphatic carbocycles. The van der Waals surface area contributed by atoms with Gasteiger partial charge >= 0.3 is 0 Å². The van der Waals surface area contributed by atoms with Gasteiger partial charge in [0.1, 0.15) is 23.2 Å². The van der Waals surface area contributed by atoms with E-state index in [2.05, 4.69) is 20.6 Å². The van der Waals surface area contributed by atoms with E-state index in [0.717, 1.165) is 0 Å².